The fourth-order valence-corrected chi connectivity index (χ4v) is 1.96. The number of aliphatic carboxylic acids is 1. The van der Waals surface area contributed by atoms with Gasteiger partial charge in [0.15, 0.2) is 0 Å². The average Bonchev–Trinajstić information content (AvgIpc) is 2.42. The summed E-state index contributed by atoms with van der Waals surface area (Å²) < 4.78 is 0. The van der Waals surface area contributed by atoms with Crippen molar-refractivity contribution >= 4 is 17.8 Å². The van der Waals surface area contributed by atoms with E-state index in [4.69, 9.17) is 10.8 Å². The van der Waals surface area contributed by atoms with Gasteiger partial charge in [0.05, 0.1) is 6.04 Å². The highest BCUT2D eigenvalue weighted by Crippen LogP contribution is 2.08. The van der Waals surface area contributed by atoms with E-state index in [1.54, 1.807) is 6.92 Å². The summed E-state index contributed by atoms with van der Waals surface area (Å²) in [7, 11) is 0. The van der Waals surface area contributed by atoms with Crippen LogP contribution in [0.4, 0.5) is 0 Å². The third-order valence-corrected chi connectivity index (χ3v) is 3.59. The Labute approximate surface area is 132 Å². The topological polar surface area (TPSA) is 122 Å². The van der Waals surface area contributed by atoms with Crippen molar-refractivity contribution in [2.24, 2.45) is 17.6 Å². The molecule has 0 aromatic carbocycles. The largest absolute Gasteiger partial charge is 0.480 e. The standard InChI is InChI=1S/C15H29N3O4/c1-6-9(4)12(15(21)22)18-13(19)10(5)17-14(20)11(16)7-8(2)3/h8-12H,6-7,16H2,1-5H3,(H,17,20)(H,18,19)(H,21,22). The third-order valence-electron chi connectivity index (χ3n) is 3.59. The van der Waals surface area contributed by atoms with Gasteiger partial charge in [-0.1, -0.05) is 34.1 Å². The summed E-state index contributed by atoms with van der Waals surface area (Å²) >= 11 is 0. The van der Waals surface area contributed by atoms with Crippen molar-refractivity contribution in [1.82, 2.24) is 10.6 Å². The molecular weight excluding hydrogens is 286 g/mol. The first-order valence-corrected chi connectivity index (χ1v) is 7.69. The second-order valence-electron chi connectivity index (χ2n) is 6.18. The molecule has 5 N–H and O–H groups in total. The molecule has 0 aromatic rings. The van der Waals surface area contributed by atoms with Crippen LogP contribution in [0.2, 0.25) is 0 Å². The van der Waals surface area contributed by atoms with Crippen molar-refractivity contribution in [3.05, 3.63) is 0 Å². The smallest absolute Gasteiger partial charge is 0.326 e. The second-order valence-corrected chi connectivity index (χ2v) is 6.18. The van der Waals surface area contributed by atoms with Gasteiger partial charge in [0.1, 0.15) is 12.1 Å². The fourth-order valence-electron chi connectivity index (χ4n) is 1.96. The Morgan fingerprint density at radius 1 is 1.05 bits per heavy atom. The number of nitrogens with two attached hydrogens (primary N) is 1. The summed E-state index contributed by atoms with van der Waals surface area (Å²) in [5.74, 6) is -1.96. The highest BCUT2D eigenvalue weighted by molar-refractivity contribution is 5.91. The van der Waals surface area contributed by atoms with E-state index in [0.717, 1.165) is 0 Å². The zero-order valence-corrected chi connectivity index (χ0v) is 14.1. The molecule has 0 bridgehead atoms. The van der Waals surface area contributed by atoms with Crippen molar-refractivity contribution in [3.8, 4) is 0 Å². The lowest BCUT2D eigenvalue weighted by molar-refractivity contribution is -0.143. The molecule has 0 heterocycles. The monoisotopic (exact) mass is 315 g/mol. The van der Waals surface area contributed by atoms with Gasteiger partial charge in [0, 0.05) is 0 Å². The molecule has 0 aliphatic rings. The van der Waals surface area contributed by atoms with Crippen LogP contribution in [-0.2, 0) is 14.4 Å². The van der Waals surface area contributed by atoms with Crippen molar-refractivity contribution in [1.29, 1.82) is 0 Å². The van der Waals surface area contributed by atoms with E-state index in [2.05, 4.69) is 10.6 Å². The van der Waals surface area contributed by atoms with Gasteiger partial charge in [-0.15, -0.1) is 0 Å². The van der Waals surface area contributed by atoms with Gasteiger partial charge in [0.2, 0.25) is 11.8 Å². The molecule has 0 aliphatic heterocycles. The van der Waals surface area contributed by atoms with Crippen LogP contribution in [0.25, 0.3) is 0 Å². The molecule has 0 fully saturated rings. The van der Waals surface area contributed by atoms with E-state index in [-0.39, 0.29) is 11.8 Å². The number of carboxylic acid groups (broad SMARTS) is 1. The minimum atomic E-state index is -1.09. The van der Waals surface area contributed by atoms with Gasteiger partial charge in [-0.25, -0.2) is 4.79 Å². The van der Waals surface area contributed by atoms with E-state index in [1.165, 1.54) is 6.92 Å². The van der Waals surface area contributed by atoms with Crippen molar-refractivity contribution in [3.63, 3.8) is 0 Å². The SMILES string of the molecule is CCC(C)C(NC(=O)C(C)NC(=O)C(N)CC(C)C)C(=O)O. The van der Waals surface area contributed by atoms with E-state index >= 15 is 0 Å². The van der Waals surface area contributed by atoms with Crippen LogP contribution in [0.3, 0.4) is 0 Å². The van der Waals surface area contributed by atoms with Gasteiger partial charge < -0.3 is 21.5 Å². The average molecular weight is 315 g/mol. The lowest BCUT2D eigenvalue weighted by atomic mass is 9.99. The molecule has 4 unspecified atom stereocenters. The molecule has 128 valence electrons. The molecule has 0 spiro atoms. The number of amides is 2. The fraction of sp³-hybridized carbons (Fsp3) is 0.800. The first-order chi connectivity index (χ1) is 10.1. The van der Waals surface area contributed by atoms with Crippen LogP contribution < -0.4 is 16.4 Å². The molecule has 0 rings (SSSR count). The maximum atomic E-state index is 12.0. The van der Waals surface area contributed by atoms with E-state index in [0.29, 0.717) is 12.8 Å². The minimum Gasteiger partial charge on any atom is -0.480 e. The molecule has 4 atom stereocenters. The molecule has 7 heteroatoms. The second kappa shape index (κ2) is 9.40. The Kier molecular flexibility index (Phi) is 8.70. The summed E-state index contributed by atoms with van der Waals surface area (Å²) in [5.41, 5.74) is 5.75. The van der Waals surface area contributed by atoms with Crippen LogP contribution in [-0.4, -0.2) is 41.0 Å². The summed E-state index contributed by atoms with van der Waals surface area (Å²) in [6.07, 6.45) is 1.14. The number of rotatable bonds is 9. The quantitative estimate of drug-likeness (QED) is 0.493. The van der Waals surface area contributed by atoms with Gasteiger partial charge in [-0.05, 0) is 25.2 Å². The normalized spacial score (nSPS) is 16.5. The highest BCUT2D eigenvalue weighted by atomic mass is 16.4. The molecule has 7 nitrogen and oxygen atoms in total. The minimum absolute atomic E-state index is 0.201. The van der Waals surface area contributed by atoms with Crippen LogP contribution in [0, 0.1) is 11.8 Å². The molecule has 0 radical (unpaired) electrons. The Morgan fingerprint density at radius 2 is 1.59 bits per heavy atom. The number of hydrogen-bond acceptors (Lipinski definition) is 4. The maximum Gasteiger partial charge on any atom is 0.326 e. The number of hydrogen-bond donors (Lipinski definition) is 4. The Bertz CT molecular complexity index is 398. The number of carbonyl (C=O) groups excluding carboxylic acids is 2. The summed E-state index contributed by atoms with van der Waals surface area (Å²) in [4.78, 5) is 35.1. The predicted molar refractivity (Wildman–Crippen MR) is 84.1 cm³/mol. The lowest BCUT2D eigenvalue weighted by Crippen LogP contribution is -2.54. The van der Waals surface area contributed by atoms with E-state index < -0.39 is 35.9 Å². The number of carboxylic acids is 1. The molecule has 0 saturated carbocycles. The summed E-state index contributed by atoms with van der Waals surface area (Å²) in [6, 6.07) is -2.49. The molecule has 0 aromatic heterocycles. The number of carbonyl (C=O) groups is 3. The molecule has 0 aliphatic carbocycles. The van der Waals surface area contributed by atoms with Crippen molar-refractivity contribution < 1.29 is 19.5 Å². The Balaban J connectivity index is 4.59. The van der Waals surface area contributed by atoms with Crippen molar-refractivity contribution in [2.45, 2.75) is 65.6 Å². The zero-order valence-electron chi connectivity index (χ0n) is 14.1. The molecule has 0 saturated heterocycles. The predicted octanol–water partition coefficient (Wildman–Crippen LogP) is 0.480. The summed E-state index contributed by atoms with van der Waals surface area (Å²) in [5, 5.41) is 14.1. The van der Waals surface area contributed by atoms with Gasteiger partial charge in [0.25, 0.3) is 0 Å². The molecule has 22 heavy (non-hydrogen) atoms. The van der Waals surface area contributed by atoms with Crippen LogP contribution in [0.1, 0.15) is 47.5 Å². The first-order valence-electron chi connectivity index (χ1n) is 7.69. The molecule has 2 amide bonds. The maximum absolute atomic E-state index is 12.0. The van der Waals surface area contributed by atoms with Gasteiger partial charge in [-0.3, -0.25) is 9.59 Å². The highest BCUT2D eigenvalue weighted by Gasteiger charge is 2.28. The van der Waals surface area contributed by atoms with Crippen LogP contribution >= 0.6 is 0 Å². The van der Waals surface area contributed by atoms with Crippen LogP contribution in [0.5, 0.6) is 0 Å². The first kappa shape index (κ1) is 20.4. The Hall–Kier alpha value is -1.63. The van der Waals surface area contributed by atoms with E-state index in [1.807, 2.05) is 20.8 Å². The van der Waals surface area contributed by atoms with Crippen LogP contribution in [0.15, 0.2) is 0 Å². The number of nitrogens with one attached hydrogen (secondary N) is 2. The third kappa shape index (κ3) is 6.89. The van der Waals surface area contributed by atoms with Crippen molar-refractivity contribution in [2.75, 3.05) is 0 Å². The van der Waals surface area contributed by atoms with E-state index in [9.17, 15) is 14.4 Å². The Morgan fingerprint density at radius 3 is 2.00 bits per heavy atom. The van der Waals surface area contributed by atoms with Gasteiger partial charge in [-0.2, -0.15) is 0 Å². The van der Waals surface area contributed by atoms with Gasteiger partial charge >= 0.3 is 5.97 Å². The lowest BCUT2D eigenvalue weighted by Gasteiger charge is -2.23. The zero-order chi connectivity index (χ0) is 17.4. The molecular formula is C15H29N3O4. The summed E-state index contributed by atoms with van der Waals surface area (Å²) in [6.45, 7) is 9.01.